The molecule has 1 saturated heterocycles. The molecular formula is C25H33N7O2. The van der Waals surface area contributed by atoms with Gasteiger partial charge in [0.15, 0.2) is 28.5 Å². The fourth-order valence-electron chi connectivity index (χ4n) is 5.14. The zero-order valence-corrected chi connectivity index (χ0v) is 20.0. The van der Waals surface area contributed by atoms with Gasteiger partial charge in [0.25, 0.3) is 0 Å². The predicted octanol–water partition coefficient (Wildman–Crippen LogP) is 3.39. The second kappa shape index (κ2) is 9.97. The van der Waals surface area contributed by atoms with Gasteiger partial charge in [-0.25, -0.2) is 9.97 Å². The zero-order chi connectivity index (χ0) is 23.5. The minimum Gasteiger partial charge on any atom is -0.493 e. The lowest BCUT2D eigenvalue weighted by atomic mass is 9.89. The smallest absolute Gasteiger partial charge is 0.224 e. The van der Waals surface area contributed by atoms with Gasteiger partial charge in [-0.3, -0.25) is 4.90 Å². The van der Waals surface area contributed by atoms with Crippen LogP contribution in [0.25, 0.3) is 22.4 Å². The molecule has 0 spiro atoms. The van der Waals surface area contributed by atoms with E-state index < -0.39 is 0 Å². The topological polar surface area (TPSA) is 103 Å². The molecule has 2 aromatic heterocycles. The lowest BCUT2D eigenvalue weighted by Crippen LogP contribution is -2.48. The van der Waals surface area contributed by atoms with E-state index in [1.54, 1.807) is 20.4 Å². The zero-order valence-electron chi connectivity index (χ0n) is 20.0. The van der Waals surface area contributed by atoms with E-state index in [4.69, 9.17) is 20.2 Å². The molecule has 2 aliphatic rings. The number of aromatic nitrogens is 4. The summed E-state index contributed by atoms with van der Waals surface area (Å²) in [6.07, 6.45) is 8.64. The van der Waals surface area contributed by atoms with E-state index in [2.05, 4.69) is 24.8 Å². The summed E-state index contributed by atoms with van der Waals surface area (Å²) < 4.78 is 10.8. The molecule has 3 aromatic rings. The number of piperazine rings is 1. The van der Waals surface area contributed by atoms with Crippen LogP contribution in [0.3, 0.4) is 0 Å². The van der Waals surface area contributed by atoms with E-state index in [0.29, 0.717) is 22.7 Å². The maximum Gasteiger partial charge on any atom is 0.224 e. The Morgan fingerprint density at radius 3 is 2.44 bits per heavy atom. The Bertz CT molecular complexity index is 1140. The largest absolute Gasteiger partial charge is 0.493 e. The highest BCUT2D eigenvalue weighted by atomic mass is 16.5. The van der Waals surface area contributed by atoms with Crippen LogP contribution in [-0.2, 0) is 0 Å². The number of anilines is 2. The quantitative estimate of drug-likeness (QED) is 0.589. The van der Waals surface area contributed by atoms with Crippen LogP contribution < -0.4 is 20.1 Å². The summed E-state index contributed by atoms with van der Waals surface area (Å²) in [6, 6.07) is 5.71. The highest BCUT2D eigenvalue weighted by Gasteiger charge is 2.24. The van der Waals surface area contributed by atoms with Crippen molar-refractivity contribution in [2.45, 2.75) is 32.1 Å². The fourth-order valence-corrected chi connectivity index (χ4v) is 5.14. The van der Waals surface area contributed by atoms with Crippen LogP contribution in [-0.4, -0.2) is 71.8 Å². The first kappa shape index (κ1) is 22.6. The normalized spacial score (nSPS) is 17.8. The first-order chi connectivity index (χ1) is 16.6. The number of benzene rings is 1. The van der Waals surface area contributed by atoms with Gasteiger partial charge in [-0.15, -0.1) is 0 Å². The van der Waals surface area contributed by atoms with Crippen LogP contribution in [0.2, 0.25) is 0 Å². The monoisotopic (exact) mass is 463 g/mol. The van der Waals surface area contributed by atoms with Crippen LogP contribution in [0, 0.1) is 5.92 Å². The van der Waals surface area contributed by atoms with Gasteiger partial charge in [0, 0.05) is 38.3 Å². The molecule has 2 N–H and O–H groups in total. The van der Waals surface area contributed by atoms with E-state index in [-0.39, 0.29) is 5.95 Å². The van der Waals surface area contributed by atoms with Crippen molar-refractivity contribution < 1.29 is 9.47 Å². The van der Waals surface area contributed by atoms with E-state index in [9.17, 15) is 0 Å². The summed E-state index contributed by atoms with van der Waals surface area (Å²) in [5.74, 6) is 3.15. The Morgan fingerprint density at radius 1 is 0.941 bits per heavy atom. The molecule has 180 valence electrons. The number of hydrogen-bond donors (Lipinski definition) is 1. The highest BCUT2D eigenvalue weighted by Crippen LogP contribution is 2.33. The first-order valence-electron chi connectivity index (χ1n) is 12.1. The standard InChI is InChI=1S/C25H33N7O2/c1-33-20-9-8-18(14-21(20)34-2)19-15-27-23-22(28-19)24(30-25(26)29-23)32-12-10-31(11-13-32)16-17-6-4-3-5-7-17/h8-9,14-15,17H,3-7,10-13,16H2,1-2H3,(H2,26,27,29,30). The fraction of sp³-hybridized carbons (Fsp3) is 0.520. The third-order valence-corrected chi connectivity index (χ3v) is 7.00. The van der Waals surface area contributed by atoms with Gasteiger partial charge in [0.05, 0.1) is 26.1 Å². The summed E-state index contributed by atoms with van der Waals surface area (Å²) in [5.41, 5.74) is 8.83. The summed E-state index contributed by atoms with van der Waals surface area (Å²) in [7, 11) is 3.24. The molecule has 1 aliphatic carbocycles. The molecule has 0 bridgehead atoms. The SMILES string of the molecule is COc1ccc(-c2cnc3nc(N)nc(N4CCN(CC5CCCCC5)CC4)c3n2)cc1OC. The van der Waals surface area contributed by atoms with Gasteiger partial charge in [-0.2, -0.15) is 9.97 Å². The second-order valence-electron chi connectivity index (χ2n) is 9.19. The van der Waals surface area contributed by atoms with Gasteiger partial charge in [0.1, 0.15) is 0 Å². The average Bonchev–Trinajstić information content (AvgIpc) is 2.88. The Hall–Kier alpha value is -3.20. The lowest BCUT2D eigenvalue weighted by Gasteiger charge is -2.37. The van der Waals surface area contributed by atoms with Crippen molar-refractivity contribution in [1.82, 2.24) is 24.8 Å². The molecule has 9 heteroatoms. The van der Waals surface area contributed by atoms with E-state index in [1.807, 2.05) is 18.2 Å². The minimum absolute atomic E-state index is 0.223. The van der Waals surface area contributed by atoms with Crippen molar-refractivity contribution in [3.05, 3.63) is 24.4 Å². The van der Waals surface area contributed by atoms with Crippen LogP contribution >= 0.6 is 0 Å². The number of nitrogens with two attached hydrogens (primary N) is 1. The Labute approximate surface area is 200 Å². The van der Waals surface area contributed by atoms with Crippen molar-refractivity contribution >= 4 is 22.9 Å². The third-order valence-electron chi connectivity index (χ3n) is 7.00. The summed E-state index contributed by atoms with van der Waals surface area (Å²) in [6.45, 7) is 5.03. The number of hydrogen-bond acceptors (Lipinski definition) is 9. The molecule has 0 unspecified atom stereocenters. The Morgan fingerprint density at radius 2 is 1.71 bits per heavy atom. The first-order valence-corrected chi connectivity index (χ1v) is 12.1. The number of ether oxygens (including phenoxy) is 2. The van der Waals surface area contributed by atoms with Crippen molar-refractivity contribution in [3.63, 3.8) is 0 Å². The van der Waals surface area contributed by atoms with Crippen molar-refractivity contribution in [1.29, 1.82) is 0 Å². The molecule has 5 rings (SSSR count). The minimum atomic E-state index is 0.223. The molecule has 9 nitrogen and oxygen atoms in total. The summed E-state index contributed by atoms with van der Waals surface area (Å²) in [5, 5.41) is 0. The molecule has 0 radical (unpaired) electrons. The maximum atomic E-state index is 6.04. The van der Waals surface area contributed by atoms with Gasteiger partial charge < -0.3 is 20.1 Å². The molecule has 0 amide bonds. The molecular weight excluding hydrogens is 430 g/mol. The van der Waals surface area contributed by atoms with Gasteiger partial charge >= 0.3 is 0 Å². The van der Waals surface area contributed by atoms with Crippen LogP contribution in [0.4, 0.5) is 11.8 Å². The molecule has 0 atom stereocenters. The van der Waals surface area contributed by atoms with E-state index >= 15 is 0 Å². The summed E-state index contributed by atoms with van der Waals surface area (Å²) in [4.78, 5) is 23.3. The van der Waals surface area contributed by atoms with Crippen molar-refractivity contribution in [2.24, 2.45) is 5.92 Å². The lowest BCUT2D eigenvalue weighted by molar-refractivity contribution is 0.192. The molecule has 1 aliphatic heterocycles. The van der Waals surface area contributed by atoms with E-state index in [1.165, 1.54) is 38.6 Å². The number of fused-ring (bicyclic) bond motifs is 1. The Balaban J connectivity index is 1.39. The molecule has 3 heterocycles. The maximum absolute atomic E-state index is 6.04. The molecule has 1 saturated carbocycles. The predicted molar refractivity (Wildman–Crippen MR) is 133 cm³/mol. The summed E-state index contributed by atoms with van der Waals surface area (Å²) >= 11 is 0. The Kier molecular flexibility index (Phi) is 6.62. The number of rotatable bonds is 6. The van der Waals surface area contributed by atoms with Gasteiger partial charge in [-0.05, 0) is 37.0 Å². The van der Waals surface area contributed by atoms with Crippen LogP contribution in [0.15, 0.2) is 24.4 Å². The number of nitrogens with zero attached hydrogens (tertiary/aromatic N) is 6. The second-order valence-corrected chi connectivity index (χ2v) is 9.19. The highest BCUT2D eigenvalue weighted by molar-refractivity contribution is 5.86. The molecule has 34 heavy (non-hydrogen) atoms. The van der Waals surface area contributed by atoms with Crippen molar-refractivity contribution in [3.8, 4) is 22.8 Å². The van der Waals surface area contributed by atoms with Crippen LogP contribution in [0.5, 0.6) is 11.5 Å². The van der Waals surface area contributed by atoms with Gasteiger partial charge in [-0.1, -0.05) is 19.3 Å². The molecule has 1 aromatic carbocycles. The van der Waals surface area contributed by atoms with Crippen LogP contribution in [0.1, 0.15) is 32.1 Å². The third kappa shape index (κ3) is 4.70. The van der Waals surface area contributed by atoms with E-state index in [0.717, 1.165) is 49.2 Å². The van der Waals surface area contributed by atoms with Gasteiger partial charge in [0.2, 0.25) is 5.95 Å². The average molecular weight is 464 g/mol. The number of nitrogen functional groups attached to an aromatic ring is 1. The number of methoxy groups -OCH3 is 2. The molecule has 2 fully saturated rings. The van der Waals surface area contributed by atoms with Crippen molar-refractivity contribution in [2.75, 3.05) is 57.6 Å².